The molecule has 0 amide bonds. The number of alkyl halides is 1. The zero-order chi connectivity index (χ0) is 11.4. The average Bonchev–Trinajstić information content (AvgIpc) is 2.27. The smallest absolute Gasteiger partial charge is 0.106 e. The largest absolute Gasteiger partial charge is 0.392 e. The molecule has 0 saturated carbocycles. The van der Waals surface area contributed by atoms with Crippen LogP contribution in [0.4, 0.5) is 0 Å². The molecule has 15 heavy (non-hydrogen) atoms. The number of aryl methyl sites for hydroxylation is 1. The van der Waals surface area contributed by atoms with Crippen molar-refractivity contribution in [1.82, 2.24) is 0 Å². The molecule has 4 heteroatoms. The molecule has 84 valence electrons. The van der Waals surface area contributed by atoms with Gasteiger partial charge in [0.25, 0.3) is 0 Å². The minimum absolute atomic E-state index is 0.0651. The van der Waals surface area contributed by atoms with Crippen LogP contribution in [0.2, 0.25) is 0 Å². The quantitative estimate of drug-likeness (QED) is 0.725. The first-order valence-corrected chi connectivity index (χ1v) is 5.84. The van der Waals surface area contributed by atoms with Gasteiger partial charge in [-0.25, -0.2) is 0 Å². The summed E-state index contributed by atoms with van der Waals surface area (Å²) >= 11 is 3.11. The first kappa shape index (κ1) is 12.6. The van der Waals surface area contributed by atoms with Crippen LogP contribution >= 0.6 is 15.9 Å². The molecule has 0 aliphatic rings. The summed E-state index contributed by atoms with van der Waals surface area (Å²) < 4.78 is 0. The maximum Gasteiger partial charge on any atom is 0.106 e. The predicted octanol–water partition coefficient (Wildman–Crippen LogP) is 1.28. The van der Waals surface area contributed by atoms with E-state index in [4.69, 9.17) is 5.11 Å². The molecular formula is C11H15BrO3. The Morgan fingerprint density at radius 3 is 2.53 bits per heavy atom. The van der Waals surface area contributed by atoms with Gasteiger partial charge < -0.3 is 15.3 Å². The van der Waals surface area contributed by atoms with E-state index in [1.807, 2.05) is 13.0 Å². The summed E-state index contributed by atoms with van der Waals surface area (Å²) in [5, 5.41) is 28.6. The third-order valence-electron chi connectivity index (χ3n) is 2.37. The fraction of sp³-hybridized carbons (Fsp3) is 0.455. The van der Waals surface area contributed by atoms with Crippen molar-refractivity contribution >= 4 is 15.9 Å². The van der Waals surface area contributed by atoms with Crippen LogP contribution in [-0.4, -0.2) is 26.8 Å². The Labute approximate surface area is 97.5 Å². The minimum atomic E-state index is -0.920. The molecule has 0 saturated heterocycles. The lowest BCUT2D eigenvalue weighted by Crippen LogP contribution is -2.20. The van der Waals surface area contributed by atoms with Crippen LogP contribution < -0.4 is 0 Å². The molecule has 0 spiro atoms. The molecule has 2 unspecified atom stereocenters. The van der Waals surface area contributed by atoms with Gasteiger partial charge in [0.1, 0.15) is 6.10 Å². The molecule has 0 aromatic heterocycles. The molecular weight excluding hydrogens is 260 g/mol. The molecule has 2 atom stereocenters. The highest BCUT2D eigenvalue weighted by Gasteiger charge is 2.19. The molecule has 0 aliphatic carbocycles. The van der Waals surface area contributed by atoms with Crippen LogP contribution in [0, 0.1) is 6.92 Å². The van der Waals surface area contributed by atoms with Gasteiger partial charge in [0.2, 0.25) is 0 Å². The van der Waals surface area contributed by atoms with Crippen molar-refractivity contribution in [1.29, 1.82) is 0 Å². The van der Waals surface area contributed by atoms with Gasteiger partial charge in [-0.15, -0.1) is 0 Å². The molecule has 0 heterocycles. The molecule has 3 nitrogen and oxygen atoms in total. The maximum absolute atomic E-state index is 9.83. The average molecular weight is 275 g/mol. The second kappa shape index (κ2) is 5.61. The Hall–Kier alpha value is -0.420. The van der Waals surface area contributed by atoms with E-state index in [0.717, 1.165) is 11.1 Å². The number of halogens is 1. The number of hydrogen-bond acceptors (Lipinski definition) is 3. The van der Waals surface area contributed by atoms with Crippen molar-refractivity contribution < 1.29 is 15.3 Å². The van der Waals surface area contributed by atoms with Crippen LogP contribution in [0.5, 0.6) is 0 Å². The second-order valence-electron chi connectivity index (χ2n) is 3.52. The number of aliphatic hydroxyl groups excluding tert-OH is 3. The van der Waals surface area contributed by atoms with Gasteiger partial charge in [0.05, 0.1) is 12.7 Å². The van der Waals surface area contributed by atoms with Crippen LogP contribution in [-0.2, 0) is 6.61 Å². The van der Waals surface area contributed by atoms with Crippen molar-refractivity contribution in [2.24, 2.45) is 0 Å². The highest BCUT2D eigenvalue weighted by atomic mass is 79.9. The molecule has 1 aromatic carbocycles. The summed E-state index contributed by atoms with van der Waals surface area (Å²) in [5.74, 6) is 0. The van der Waals surface area contributed by atoms with E-state index < -0.39 is 12.2 Å². The normalized spacial score (nSPS) is 15.0. The van der Waals surface area contributed by atoms with Gasteiger partial charge in [-0.2, -0.15) is 0 Å². The Morgan fingerprint density at radius 1 is 1.33 bits per heavy atom. The first-order valence-electron chi connectivity index (χ1n) is 4.72. The van der Waals surface area contributed by atoms with Crippen LogP contribution in [0.25, 0.3) is 0 Å². The highest BCUT2D eigenvalue weighted by Crippen LogP contribution is 2.23. The van der Waals surface area contributed by atoms with E-state index >= 15 is 0 Å². The Bertz CT molecular complexity index is 328. The molecule has 1 aromatic rings. The van der Waals surface area contributed by atoms with Gasteiger partial charge in [-0.1, -0.05) is 34.1 Å². The molecule has 1 rings (SSSR count). The summed E-state index contributed by atoms with van der Waals surface area (Å²) in [6, 6.07) is 5.34. The standard InChI is InChI=1S/C11H15BrO3/c1-7-2-3-8(6-13)4-9(7)11(15)10(14)5-12/h2-4,10-11,13-15H,5-6H2,1H3. The summed E-state index contributed by atoms with van der Waals surface area (Å²) in [5.41, 5.74) is 2.30. The van der Waals surface area contributed by atoms with Crippen LogP contribution in [0.1, 0.15) is 22.8 Å². The summed E-state index contributed by atoms with van der Waals surface area (Å²) in [4.78, 5) is 0. The van der Waals surface area contributed by atoms with E-state index in [9.17, 15) is 10.2 Å². The van der Waals surface area contributed by atoms with Gasteiger partial charge >= 0.3 is 0 Å². The lowest BCUT2D eigenvalue weighted by molar-refractivity contribution is 0.0338. The van der Waals surface area contributed by atoms with E-state index in [2.05, 4.69) is 15.9 Å². The van der Waals surface area contributed by atoms with Crippen molar-refractivity contribution in [3.05, 3.63) is 34.9 Å². The lowest BCUT2D eigenvalue weighted by Gasteiger charge is -2.18. The van der Waals surface area contributed by atoms with Gasteiger partial charge in [-0.3, -0.25) is 0 Å². The molecule has 0 fully saturated rings. The number of benzene rings is 1. The Balaban J connectivity index is 3.01. The lowest BCUT2D eigenvalue weighted by atomic mass is 9.98. The topological polar surface area (TPSA) is 60.7 Å². The van der Waals surface area contributed by atoms with Crippen molar-refractivity contribution in [2.45, 2.75) is 25.7 Å². The Kier molecular flexibility index (Phi) is 4.73. The second-order valence-corrected chi connectivity index (χ2v) is 4.16. The first-order chi connectivity index (χ1) is 7.10. The van der Waals surface area contributed by atoms with Crippen molar-refractivity contribution in [3.63, 3.8) is 0 Å². The van der Waals surface area contributed by atoms with Crippen molar-refractivity contribution in [2.75, 3.05) is 5.33 Å². The van der Waals surface area contributed by atoms with Crippen LogP contribution in [0.3, 0.4) is 0 Å². The van der Waals surface area contributed by atoms with E-state index in [0.29, 0.717) is 10.9 Å². The van der Waals surface area contributed by atoms with Gasteiger partial charge in [0, 0.05) is 5.33 Å². The van der Waals surface area contributed by atoms with Gasteiger partial charge in [-0.05, 0) is 23.6 Å². The van der Waals surface area contributed by atoms with Gasteiger partial charge in [0.15, 0.2) is 0 Å². The highest BCUT2D eigenvalue weighted by molar-refractivity contribution is 9.09. The number of rotatable bonds is 4. The Morgan fingerprint density at radius 2 is 2.00 bits per heavy atom. The zero-order valence-electron chi connectivity index (χ0n) is 8.52. The SMILES string of the molecule is Cc1ccc(CO)cc1C(O)C(O)CBr. The third kappa shape index (κ3) is 3.01. The molecule has 0 radical (unpaired) electrons. The number of hydrogen-bond donors (Lipinski definition) is 3. The summed E-state index contributed by atoms with van der Waals surface area (Å²) in [6.45, 7) is 1.80. The third-order valence-corrected chi connectivity index (χ3v) is 3.03. The molecule has 3 N–H and O–H groups in total. The fourth-order valence-electron chi connectivity index (χ4n) is 1.40. The maximum atomic E-state index is 9.83. The van der Waals surface area contributed by atoms with E-state index in [-0.39, 0.29) is 6.61 Å². The van der Waals surface area contributed by atoms with E-state index in [1.54, 1.807) is 12.1 Å². The van der Waals surface area contributed by atoms with Crippen molar-refractivity contribution in [3.8, 4) is 0 Å². The zero-order valence-corrected chi connectivity index (χ0v) is 10.1. The molecule has 0 aliphatic heterocycles. The fourth-order valence-corrected chi connectivity index (χ4v) is 1.75. The summed E-state index contributed by atoms with van der Waals surface area (Å²) in [7, 11) is 0. The summed E-state index contributed by atoms with van der Waals surface area (Å²) in [6.07, 6.45) is -1.76. The van der Waals surface area contributed by atoms with Crippen LogP contribution in [0.15, 0.2) is 18.2 Å². The minimum Gasteiger partial charge on any atom is -0.392 e. The molecule has 0 bridgehead atoms. The van der Waals surface area contributed by atoms with E-state index in [1.165, 1.54) is 0 Å². The predicted molar refractivity (Wildman–Crippen MR) is 61.9 cm³/mol. The number of aliphatic hydroxyl groups is 3. The monoisotopic (exact) mass is 274 g/mol.